The summed E-state index contributed by atoms with van der Waals surface area (Å²) >= 11 is 1.64. The SMILES string of the molecule is CC(Nc1nc(CN(C)C)nc2scc(-c3ccccc3)c12)c1ncn[nH]1. The summed E-state index contributed by atoms with van der Waals surface area (Å²) in [4.78, 5) is 16.9. The fraction of sp³-hybridized carbons (Fsp3) is 0.263. The molecule has 0 saturated heterocycles. The van der Waals surface area contributed by atoms with E-state index < -0.39 is 0 Å². The van der Waals surface area contributed by atoms with Crippen molar-refractivity contribution in [3.8, 4) is 11.1 Å². The summed E-state index contributed by atoms with van der Waals surface area (Å²) < 4.78 is 0. The second-order valence-corrected chi connectivity index (χ2v) is 7.52. The third kappa shape index (κ3) is 3.67. The van der Waals surface area contributed by atoms with Crippen LogP contribution in [-0.4, -0.2) is 44.1 Å². The first kappa shape index (κ1) is 17.6. The molecule has 138 valence electrons. The lowest BCUT2D eigenvalue weighted by Gasteiger charge is -2.16. The number of rotatable bonds is 6. The van der Waals surface area contributed by atoms with Crippen LogP contribution in [0.15, 0.2) is 42.0 Å². The molecule has 0 amide bonds. The molecule has 0 aliphatic rings. The van der Waals surface area contributed by atoms with Crippen molar-refractivity contribution in [2.45, 2.75) is 19.5 Å². The van der Waals surface area contributed by atoms with E-state index in [1.807, 2.05) is 39.2 Å². The van der Waals surface area contributed by atoms with E-state index in [9.17, 15) is 0 Å². The summed E-state index contributed by atoms with van der Waals surface area (Å²) in [6.07, 6.45) is 1.51. The molecule has 8 heteroatoms. The van der Waals surface area contributed by atoms with E-state index in [2.05, 4.69) is 42.9 Å². The van der Waals surface area contributed by atoms with Gasteiger partial charge in [0.25, 0.3) is 0 Å². The molecule has 7 nitrogen and oxygen atoms in total. The number of nitrogens with one attached hydrogen (secondary N) is 2. The molecule has 1 aromatic carbocycles. The van der Waals surface area contributed by atoms with E-state index in [4.69, 9.17) is 9.97 Å². The molecule has 0 aliphatic carbocycles. The first-order valence-electron chi connectivity index (χ1n) is 8.72. The lowest BCUT2D eigenvalue weighted by Crippen LogP contribution is -2.16. The van der Waals surface area contributed by atoms with Gasteiger partial charge in [0.05, 0.1) is 18.0 Å². The topological polar surface area (TPSA) is 82.6 Å². The van der Waals surface area contributed by atoms with Crippen LogP contribution < -0.4 is 5.32 Å². The highest BCUT2D eigenvalue weighted by atomic mass is 32.1. The standard InChI is InChI=1S/C19H21N7S/c1-12(17-20-11-21-25-17)22-18-16-14(13-7-5-4-6-8-13)10-27-19(16)24-15(23-18)9-26(2)3/h4-8,10-12H,9H2,1-3H3,(H,20,21,25)(H,22,23,24). The lowest BCUT2D eigenvalue weighted by atomic mass is 10.1. The maximum absolute atomic E-state index is 4.83. The number of fused-ring (bicyclic) bond motifs is 1. The van der Waals surface area contributed by atoms with Gasteiger partial charge in [-0.05, 0) is 26.6 Å². The van der Waals surface area contributed by atoms with E-state index >= 15 is 0 Å². The Hall–Kier alpha value is -2.84. The van der Waals surface area contributed by atoms with Gasteiger partial charge in [-0.15, -0.1) is 11.3 Å². The molecule has 1 atom stereocenters. The predicted molar refractivity (Wildman–Crippen MR) is 109 cm³/mol. The number of anilines is 1. The Morgan fingerprint density at radius 3 is 2.70 bits per heavy atom. The number of aromatic nitrogens is 5. The fourth-order valence-electron chi connectivity index (χ4n) is 2.97. The quantitative estimate of drug-likeness (QED) is 0.531. The highest BCUT2D eigenvalue weighted by Gasteiger charge is 2.18. The second-order valence-electron chi connectivity index (χ2n) is 6.66. The van der Waals surface area contributed by atoms with Crippen LogP contribution in [0.5, 0.6) is 0 Å². The predicted octanol–water partition coefficient (Wildman–Crippen LogP) is 3.71. The molecule has 0 bridgehead atoms. The number of hydrogen-bond acceptors (Lipinski definition) is 7. The molecule has 3 aromatic heterocycles. The highest BCUT2D eigenvalue weighted by molar-refractivity contribution is 7.17. The zero-order valence-electron chi connectivity index (χ0n) is 15.5. The van der Waals surface area contributed by atoms with Crippen LogP contribution >= 0.6 is 11.3 Å². The van der Waals surface area contributed by atoms with Crippen LogP contribution in [0.2, 0.25) is 0 Å². The van der Waals surface area contributed by atoms with Gasteiger partial charge in [0.2, 0.25) is 0 Å². The van der Waals surface area contributed by atoms with Gasteiger partial charge in [-0.3, -0.25) is 5.10 Å². The van der Waals surface area contributed by atoms with E-state index in [-0.39, 0.29) is 6.04 Å². The van der Waals surface area contributed by atoms with Gasteiger partial charge >= 0.3 is 0 Å². The molecular weight excluding hydrogens is 358 g/mol. The van der Waals surface area contributed by atoms with Gasteiger partial charge in [0, 0.05) is 10.9 Å². The number of hydrogen-bond donors (Lipinski definition) is 2. The van der Waals surface area contributed by atoms with E-state index in [1.165, 1.54) is 6.33 Å². The van der Waals surface area contributed by atoms with Gasteiger partial charge in [0.1, 0.15) is 28.6 Å². The molecule has 0 aliphatic heterocycles. The Balaban J connectivity index is 1.83. The van der Waals surface area contributed by atoms with Gasteiger partial charge < -0.3 is 10.2 Å². The number of nitrogens with zero attached hydrogens (tertiary/aromatic N) is 5. The summed E-state index contributed by atoms with van der Waals surface area (Å²) in [6.45, 7) is 2.72. The molecule has 3 heterocycles. The first-order valence-corrected chi connectivity index (χ1v) is 9.60. The summed E-state index contributed by atoms with van der Waals surface area (Å²) in [7, 11) is 4.03. The van der Waals surface area contributed by atoms with Gasteiger partial charge in [0.15, 0.2) is 0 Å². The molecule has 0 saturated carbocycles. The highest BCUT2D eigenvalue weighted by Crippen LogP contribution is 2.37. The van der Waals surface area contributed by atoms with Crippen molar-refractivity contribution in [2.75, 3.05) is 19.4 Å². The summed E-state index contributed by atoms with van der Waals surface area (Å²) in [5.41, 5.74) is 2.29. The largest absolute Gasteiger partial charge is 0.360 e. The third-order valence-corrected chi connectivity index (χ3v) is 5.09. The molecule has 4 rings (SSSR count). The van der Waals surface area contributed by atoms with Crippen molar-refractivity contribution in [1.82, 2.24) is 30.0 Å². The summed E-state index contributed by atoms with van der Waals surface area (Å²) in [5, 5.41) is 13.6. The average molecular weight is 379 g/mol. The second kappa shape index (κ2) is 7.42. The maximum Gasteiger partial charge on any atom is 0.146 e. The molecule has 27 heavy (non-hydrogen) atoms. The van der Waals surface area contributed by atoms with Crippen molar-refractivity contribution < 1.29 is 0 Å². The minimum Gasteiger partial charge on any atom is -0.360 e. The Morgan fingerprint density at radius 2 is 2.00 bits per heavy atom. The molecular formula is C19H21N7S. The van der Waals surface area contributed by atoms with Crippen LogP contribution in [0, 0.1) is 0 Å². The summed E-state index contributed by atoms with van der Waals surface area (Å²) in [5.74, 6) is 2.38. The number of aromatic amines is 1. The van der Waals surface area contributed by atoms with Crippen molar-refractivity contribution >= 4 is 27.4 Å². The number of thiophene rings is 1. The van der Waals surface area contributed by atoms with Crippen molar-refractivity contribution in [3.05, 3.63) is 53.7 Å². The third-order valence-electron chi connectivity index (χ3n) is 4.22. The van der Waals surface area contributed by atoms with Crippen LogP contribution in [0.1, 0.15) is 24.6 Å². The van der Waals surface area contributed by atoms with E-state index in [0.717, 1.165) is 38.8 Å². The average Bonchev–Trinajstić information content (AvgIpc) is 3.32. The van der Waals surface area contributed by atoms with Gasteiger partial charge in [-0.2, -0.15) is 5.10 Å². The van der Waals surface area contributed by atoms with E-state index in [1.54, 1.807) is 11.3 Å². The molecule has 4 aromatic rings. The Kier molecular flexibility index (Phi) is 4.83. The zero-order valence-corrected chi connectivity index (χ0v) is 16.3. The van der Waals surface area contributed by atoms with Crippen molar-refractivity contribution in [3.63, 3.8) is 0 Å². The van der Waals surface area contributed by atoms with Crippen LogP contribution in [0.3, 0.4) is 0 Å². The minimum absolute atomic E-state index is 0.0543. The lowest BCUT2D eigenvalue weighted by molar-refractivity contribution is 0.391. The number of H-pyrrole nitrogens is 1. The maximum atomic E-state index is 4.83. The minimum atomic E-state index is -0.0543. The summed E-state index contributed by atoms with van der Waals surface area (Å²) in [6, 6.07) is 10.3. The van der Waals surface area contributed by atoms with Gasteiger partial charge in [-0.1, -0.05) is 30.3 Å². The van der Waals surface area contributed by atoms with E-state index in [0.29, 0.717) is 6.54 Å². The number of benzene rings is 1. The molecule has 1 unspecified atom stereocenters. The van der Waals surface area contributed by atoms with Gasteiger partial charge in [-0.25, -0.2) is 15.0 Å². The Labute approximate surface area is 161 Å². The van der Waals surface area contributed by atoms with Crippen molar-refractivity contribution in [2.24, 2.45) is 0 Å². The Morgan fingerprint density at radius 1 is 1.19 bits per heavy atom. The normalized spacial score (nSPS) is 12.6. The smallest absolute Gasteiger partial charge is 0.146 e. The molecule has 2 N–H and O–H groups in total. The first-order chi connectivity index (χ1) is 13.1. The van der Waals surface area contributed by atoms with Crippen LogP contribution in [0.4, 0.5) is 5.82 Å². The monoisotopic (exact) mass is 379 g/mol. The molecule has 0 spiro atoms. The van der Waals surface area contributed by atoms with Crippen molar-refractivity contribution in [1.29, 1.82) is 0 Å². The van der Waals surface area contributed by atoms with Crippen LogP contribution in [-0.2, 0) is 6.54 Å². The Bertz CT molecular complexity index is 1030. The fourth-order valence-corrected chi connectivity index (χ4v) is 3.94. The van der Waals surface area contributed by atoms with Crippen LogP contribution in [0.25, 0.3) is 21.3 Å². The zero-order chi connectivity index (χ0) is 18.8. The molecule has 0 fully saturated rings. The molecule has 0 radical (unpaired) electrons.